The standard InChI is InChI=1S/C19H25N5O3S/c1-13-21-15(12-28-13)10-18(25)23-7-3-16(4-8-23)24-17(2-6-20-24)22-19(26)14-5-9-27-11-14/h2,6,12,14,16H,3-5,7-11H2,1H3,(H,22,26)/t14-/m1/s1. The third-order valence-electron chi connectivity index (χ3n) is 5.38. The molecule has 9 heteroatoms. The molecule has 0 radical (unpaired) electrons. The number of hydrogen-bond acceptors (Lipinski definition) is 6. The summed E-state index contributed by atoms with van der Waals surface area (Å²) in [6.07, 6.45) is 4.47. The Labute approximate surface area is 167 Å². The van der Waals surface area contributed by atoms with Gasteiger partial charge in [0.25, 0.3) is 0 Å². The third kappa shape index (κ3) is 4.25. The first-order valence-electron chi connectivity index (χ1n) is 9.71. The number of piperidine rings is 1. The highest BCUT2D eigenvalue weighted by molar-refractivity contribution is 7.09. The monoisotopic (exact) mass is 403 g/mol. The van der Waals surface area contributed by atoms with Crippen LogP contribution in [0.1, 0.15) is 36.0 Å². The van der Waals surface area contributed by atoms with Crippen LogP contribution in [0.2, 0.25) is 0 Å². The zero-order chi connectivity index (χ0) is 19.5. The minimum atomic E-state index is -0.0860. The molecule has 2 saturated heterocycles. The Morgan fingerprint density at radius 3 is 2.82 bits per heavy atom. The van der Waals surface area contributed by atoms with E-state index >= 15 is 0 Å². The number of carbonyl (C=O) groups excluding carboxylic acids is 2. The van der Waals surface area contributed by atoms with Crippen molar-refractivity contribution < 1.29 is 14.3 Å². The van der Waals surface area contributed by atoms with Gasteiger partial charge in [-0.25, -0.2) is 9.67 Å². The number of anilines is 1. The summed E-state index contributed by atoms with van der Waals surface area (Å²) in [5.74, 6) is 0.751. The lowest BCUT2D eigenvalue weighted by Gasteiger charge is -2.32. The van der Waals surface area contributed by atoms with Crippen molar-refractivity contribution in [1.29, 1.82) is 0 Å². The van der Waals surface area contributed by atoms with Gasteiger partial charge in [-0.2, -0.15) is 5.10 Å². The van der Waals surface area contributed by atoms with Crippen LogP contribution < -0.4 is 5.32 Å². The number of aryl methyl sites for hydroxylation is 1. The molecule has 4 rings (SSSR count). The van der Waals surface area contributed by atoms with Gasteiger partial charge in [0.15, 0.2) is 0 Å². The third-order valence-corrected chi connectivity index (χ3v) is 6.21. The average molecular weight is 404 g/mol. The smallest absolute Gasteiger partial charge is 0.231 e. The summed E-state index contributed by atoms with van der Waals surface area (Å²) >= 11 is 1.57. The summed E-state index contributed by atoms with van der Waals surface area (Å²) < 4.78 is 7.19. The minimum absolute atomic E-state index is 0.00887. The summed E-state index contributed by atoms with van der Waals surface area (Å²) in [4.78, 5) is 31.2. The van der Waals surface area contributed by atoms with Crippen LogP contribution in [0.25, 0.3) is 0 Å². The molecule has 8 nitrogen and oxygen atoms in total. The fraction of sp³-hybridized carbons (Fsp3) is 0.579. The molecule has 2 aliphatic heterocycles. The maximum Gasteiger partial charge on any atom is 0.231 e. The van der Waals surface area contributed by atoms with Gasteiger partial charge in [0.2, 0.25) is 11.8 Å². The number of rotatable bonds is 5. The number of thiazole rings is 1. The van der Waals surface area contributed by atoms with Gasteiger partial charge in [0.1, 0.15) is 5.82 Å². The normalized spacial score (nSPS) is 20.5. The highest BCUT2D eigenvalue weighted by Gasteiger charge is 2.28. The first-order valence-corrected chi connectivity index (χ1v) is 10.6. The summed E-state index contributed by atoms with van der Waals surface area (Å²) in [6, 6.07) is 2.01. The lowest BCUT2D eigenvalue weighted by Crippen LogP contribution is -2.40. The minimum Gasteiger partial charge on any atom is -0.381 e. The van der Waals surface area contributed by atoms with Gasteiger partial charge in [-0.05, 0) is 26.2 Å². The number of nitrogens with zero attached hydrogens (tertiary/aromatic N) is 4. The molecule has 0 unspecified atom stereocenters. The molecule has 0 saturated carbocycles. The Balaban J connectivity index is 1.32. The molecule has 2 aromatic heterocycles. The molecule has 0 spiro atoms. The molecule has 1 N–H and O–H groups in total. The molecule has 0 bridgehead atoms. The van der Waals surface area contributed by atoms with Crippen molar-refractivity contribution in [2.45, 2.75) is 38.6 Å². The summed E-state index contributed by atoms with van der Waals surface area (Å²) in [6.45, 7) is 4.46. The summed E-state index contributed by atoms with van der Waals surface area (Å²) in [5.41, 5.74) is 0.850. The number of ether oxygens (including phenoxy) is 1. The zero-order valence-corrected chi connectivity index (χ0v) is 16.8. The van der Waals surface area contributed by atoms with Gasteiger partial charge in [0.05, 0.1) is 41.9 Å². The van der Waals surface area contributed by atoms with E-state index in [0.29, 0.717) is 32.7 Å². The van der Waals surface area contributed by atoms with E-state index < -0.39 is 0 Å². The molecule has 28 heavy (non-hydrogen) atoms. The molecule has 0 aromatic carbocycles. The highest BCUT2D eigenvalue weighted by Crippen LogP contribution is 2.26. The largest absolute Gasteiger partial charge is 0.381 e. The maximum atomic E-state index is 12.5. The van der Waals surface area contributed by atoms with Gasteiger partial charge in [-0.15, -0.1) is 11.3 Å². The topological polar surface area (TPSA) is 89.4 Å². The van der Waals surface area contributed by atoms with Crippen molar-refractivity contribution in [3.63, 3.8) is 0 Å². The lowest BCUT2D eigenvalue weighted by atomic mass is 10.0. The number of carbonyl (C=O) groups is 2. The second-order valence-corrected chi connectivity index (χ2v) is 8.42. The highest BCUT2D eigenvalue weighted by atomic mass is 32.1. The van der Waals surface area contributed by atoms with Crippen molar-refractivity contribution in [2.24, 2.45) is 5.92 Å². The van der Waals surface area contributed by atoms with Crippen LogP contribution in [-0.4, -0.2) is 57.8 Å². The number of amides is 2. The molecule has 0 aliphatic carbocycles. The maximum absolute atomic E-state index is 12.5. The van der Waals surface area contributed by atoms with Gasteiger partial charge in [-0.1, -0.05) is 0 Å². The molecular weight excluding hydrogens is 378 g/mol. The predicted molar refractivity (Wildman–Crippen MR) is 105 cm³/mol. The van der Waals surface area contributed by atoms with Crippen molar-refractivity contribution in [3.8, 4) is 0 Å². The Kier molecular flexibility index (Phi) is 5.72. The van der Waals surface area contributed by atoms with E-state index in [1.165, 1.54) is 0 Å². The van der Waals surface area contributed by atoms with Crippen molar-refractivity contribution in [2.75, 3.05) is 31.6 Å². The first-order chi connectivity index (χ1) is 13.6. The quantitative estimate of drug-likeness (QED) is 0.825. The van der Waals surface area contributed by atoms with Gasteiger partial charge in [-0.3, -0.25) is 9.59 Å². The van der Waals surface area contributed by atoms with Crippen LogP contribution in [0, 0.1) is 12.8 Å². The Morgan fingerprint density at radius 1 is 1.32 bits per heavy atom. The summed E-state index contributed by atoms with van der Waals surface area (Å²) in [5, 5.41) is 10.3. The average Bonchev–Trinajstić information content (AvgIpc) is 3.44. The van der Waals surface area contributed by atoms with E-state index in [2.05, 4.69) is 15.4 Å². The molecule has 4 heterocycles. The van der Waals surface area contributed by atoms with Crippen LogP contribution in [0.3, 0.4) is 0 Å². The molecule has 2 fully saturated rings. The van der Waals surface area contributed by atoms with Crippen LogP contribution in [0.15, 0.2) is 17.6 Å². The van der Waals surface area contributed by atoms with E-state index in [4.69, 9.17) is 4.74 Å². The van der Waals surface area contributed by atoms with E-state index in [1.807, 2.05) is 28.0 Å². The zero-order valence-electron chi connectivity index (χ0n) is 16.0. The van der Waals surface area contributed by atoms with Gasteiger partial charge < -0.3 is 15.0 Å². The van der Waals surface area contributed by atoms with Crippen LogP contribution >= 0.6 is 11.3 Å². The Morgan fingerprint density at radius 2 is 2.14 bits per heavy atom. The second kappa shape index (κ2) is 8.40. The fourth-order valence-corrected chi connectivity index (χ4v) is 4.40. The molecule has 2 aliphatic rings. The molecule has 1 atom stereocenters. The number of hydrogen-bond donors (Lipinski definition) is 1. The fourth-order valence-electron chi connectivity index (χ4n) is 3.79. The van der Waals surface area contributed by atoms with E-state index in [-0.39, 0.29) is 23.8 Å². The second-order valence-electron chi connectivity index (χ2n) is 7.36. The van der Waals surface area contributed by atoms with Crippen LogP contribution in [-0.2, 0) is 20.7 Å². The van der Waals surface area contributed by atoms with E-state index in [9.17, 15) is 9.59 Å². The van der Waals surface area contributed by atoms with Crippen LogP contribution in [0.5, 0.6) is 0 Å². The molecule has 150 valence electrons. The Hall–Kier alpha value is -2.26. The van der Waals surface area contributed by atoms with Crippen LogP contribution in [0.4, 0.5) is 5.82 Å². The summed E-state index contributed by atoms with van der Waals surface area (Å²) in [7, 11) is 0. The van der Waals surface area contributed by atoms with E-state index in [1.54, 1.807) is 17.5 Å². The SMILES string of the molecule is Cc1nc(CC(=O)N2CCC(n3nccc3NC(=O)[C@@H]3CCOC3)CC2)cs1. The molecular formula is C19H25N5O3S. The Bertz CT molecular complexity index is 834. The molecule has 2 aromatic rings. The van der Waals surface area contributed by atoms with Gasteiger partial charge in [0, 0.05) is 31.1 Å². The predicted octanol–water partition coefficient (Wildman–Crippen LogP) is 2.03. The van der Waals surface area contributed by atoms with Crippen molar-refractivity contribution in [3.05, 3.63) is 28.3 Å². The van der Waals surface area contributed by atoms with Crippen molar-refractivity contribution in [1.82, 2.24) is 19.7 Å². The number of likely N-dealkylation sites (tertiary alicyclic amines) is 1. The lowest BCUT2D eigenvalue weighted by molar-refractivity contribution is -0.131. The first kappa shape index (κ1) is 19.1. The number of aromatic nitrogens is 3. The van der Waals surface area contributed by atoms with E-state index in [0.717, 1.165) is 35.8 Å². The molecule has 2 amide bonds. The number of nitrogens with one attached hydrogen (secondary N) is 1. The van der Waals surface area contributed by atoms with Crippen molar-refractivity contribution >= 4 is 29.0 Å². The van der Waals surface area contributed by atoms with Gasteiger partial charge >= 0.3 is 0 Å².